The second kappa shape index (κ2) is 7.02. The van der Waals surface area contributed by atoms with E-state index in [0.29, 0.717) is 22.3 Å². The van der Waals surface area contributed by atoms with Crippen LogP contribution in [0.2, 0.25) is 10.0 Å². The molecule has 0 aliphatic heterocycles. The SMILES string of the molecule is O=C(O)[C@@H]1[C@H](C(=O)Nc2cnn(Cc3ccc(Cl)cc3Cl)c2)[C@@H]2C=C[C@H]1C2. The fraction of sp³-hybridized carbons (Fsp3) is 0.316. The molecule has 1 heterocycles. The van der Waals surface area contributed by atoms with Crippen LogP contribution in [0.25, 0.3) is 0 Å². The second-order valence-corrected chi connectivity index (χ2v) is 7.83. The van der Waals surface area contributed by atoms with E-state index in [-0.39, 0.29) is 17.7 Å². The molecule has 1 aromatic carbocycles. The monoisotopic (exact) mass is 405 g/mol. The largest absolute Gasteiger partial charge is 0.481 e. The van der Waals surface area contributed by atoms with Crippen molar-refractivity contribution < 1.29 is 14.7 Å². The topological polar surface area (TPSA) is 84.2 Å². The Balaban J connectivity index is 1.45. The first kappa shape index (κ1) is 18.1. The van der Waals surface area contributed by atoms with Gasteiger partial charge in [0.2, 0.25) is 5.91 Å². The van der Waals surface area contributed by atoms with Gasteiger partial charge in [0.15, 0.2) is 0 Å². The molecule has 0 saturated heterocycles. The zero-order valence-electron chi connectivity index (χ0n) is 14.2. The molecule has 140 valence electrons. The highest BCUT2D eigenvalue weighted by atomic mass is 35.5. The lowest BCUT2D eigenvalue weighted by Gasteiger charge is -2.23. The molecule has 27 heavy (non-hydrogen) atoms. The first-order valence-electron chi connectivity index (χ1n) is 8.61. The zero-order valence-corrected chi connectivity index (χ0v) is 15.7. The number of halogens is 2. The Hall–Kier alpha value is -2.31. The van der Waals surface area contributed by atoms with E-state index in [9.17, 15) is 14.7 Å². The number of allylic oxidation sites excluding steroid dienone is 2. The third-order valence-electron chi connectivity index (χ3n) is 5.30. The van der Waals surface area contributed by atoms with Gasteiger partial charge in [0.25, 0.3) is 0 Å². The van der Waals surface area contributed by atoms with Gasteiger partial charge >= 0.3 is 5.97 Å². The maximum Gasteiger partial charge on any atom is 0.307 e. The van der Waals surface area contributed by atoms with E-state index in [1.54, 1.807) is 29.2 Å². The number of carboxylic acids is 1. The van der Waals surface area contributed by atoms with Crippen molar-refractivity contribution in [2.24, 2.45) is 23.7 Å². The summed E-state index contributed by atoms with van der Waals surface area (Å²) in [6, 6.07) is 5.24. The predicted octanol–water partition coefficient (Wildman–Crippen LogP) is 3.70. The maximum atomic E-state index is 12.7. The quantitative estimate of drug-likeness (QED) is 0.742. The number of hydrogen-bond acceptors (Lipinski definition) is 3. The molecular weight excluding hydrogens is 389 g/mol. The minimum absolute atomic E-state index is 0.0148. The van der Waals surface area contributed by atoms with Gasteiger partial charge in [0.1, 0.15) is 0 Å². The normalized spacial score (nSPS) is 25.7. The minimum Gasteiger partial charge on any atom is -0.481 e. The van der Waals surface area contributed by atoms with Crippen molar-refractivity contribution in [3.05, 3.63) is 58.4 Å². The summed E-state index contributed by atoms with van der Waals surface area (Å²) in [4.78, 5) is 24.3. The van der Waals surface area contributed by atoms with Crippen molar-refractivity contribution in [3.63, 3.8) is 0 Å². The van der Waals surface area contributed by atoms with Crippen LogP contribution in [0, 0.1) is 23.7 Å². The number of nitrogens with zero attached hydrogens (tertiary/aromatic N) is 2. The lowest BCUT2D eigenvalue weighted by Crippen LogP contribution is -2.36. The molecule has 4 rings (SSSR count). The van der Waals surface area contributed by atoms with Crippen molar-refractivity contribution >= 4 is 40.8 Å². The summed E-state index contributed by atoms with van der Waals surface area (Å²) < 4.78 is 1.65. The number of benzene rings is 1. The molecule has 2 aliphatic carbocycles. The van der Waals surface area contributed by atoms with Gasteiger partial charge in [0, 0.05) is 16.2 Å². The number of fused-ring (bicyclic) bond motifs is 2. The summed E-state index contributed by atoms with van der Waals surface area (Å²) in [7, 11) is 0. The Bertz CT molecular complexity index is 940. The van der Waals surface area contributed by atoms with Crippen molar-refractivity contribution in [2.45, 2.75) is 13.0 Å². The molecule has 2 bridgehead atoms. The van der Waals surface area contributed by atoms with Gasteiger partial charge in [-0.3, -0.25) is 14.3 Å². The molecule has 1 aromatic heterocycles. The molecule has 6 nitrogen and oxygen atoms in total. The van der Waals surface area contributed by atoms with Crippen LogP contribution in [-0.2, 0) is 16.1 Å². The summed E-state index contributed by atoms with van der Waals surface area (Å²) in [6.45, 7) is 0.431. The first-order valence-corrected chi connectivity index (χ1v) is 9.36. The third-order valence-corrected chi connectivity index (χ3v) is 5.88. The molecule has 0 unspecified atom stereocenters. The van der Waals surface area contributed by atoms with Gasteiger partial charge in [-0.15, -0.1) is 0 Å². The Morgan fingerprint density at radius 3 is 2.67 bits per heavy atom. The lowest BCUT2D eigenvalue weighted by molar-refractivity contribution is -0.146. The fourth-order valence-electron chi connectivity index (χ4n) is 4.08. The smallest absolute Gasteiger partial charge is 0.307 e. The molecule has 4 atom stereocenters. The molecule has 1 fully saturated rings. The number of amides is 1. The summed E-state index contributed by atoms with van der Waals surface area (Å²) in [5.74, 6) is -2.48. The van der Waals surface area contributed by atoms with Gasteiger partial charge in [0.05, 0.1) is 30.3 Å². The molecule has 2 aromatic rings. The fourth-order valence-corrected chi connectivity index (χ4v) is 4.55. The highest BCUT2D eigenvalue weighted by molar-refractivity contribution is 6.35. The van der Waals surface area contributed by atoms with E-state index >= 15 is 0 Å². The molecule has 1 saturated carbocycles. The highest BCUT2D eigenvalue weighted by Crippen LogP contribution is 2.48. The van der Waals surface area contributed by atoms with Gasteiger partial charge in [-0.25, -0.2) is 0 Å². The van der Waals surface area contributed by atoms with Crippen molar-refractivity contribution in [3.8, 4) is 0 Å². The van der Waals surface area contributed by atoms with Gasteiger partial charge < -0.3 is 10.4 Å². The summed E-state index contributed by atoms with van der Waals surface area (Å²) in [5.41, 5.74) is 1.38. The van der Waals surface area contributed by atoms with Crippen LogP contribution in [0.1, 0.15) is 12.0 Å². The number of carbonyl (C=O) groups is 2. The van der Waals surface area contributed by atoms with E-state index < -0.39 is 17.8 Å². The van der Waals surface area contributed by atoms with Crippen LogP contribution < -0.4 is 5.32 Å². The van der Waals surface area contributed by atoms with Crippen LogP contribution in [0.15, 0.2) is 42.7 Å². The average Bonchev–Trinajstić information content (AvgIpc) is 3.33. The van der Waals surface area contributed by atoms with Crippen LogP contribution in [0.3, 0.4) is 0 Å². The molecule has 0 radical (unpaired) electrons. The van der Waals surface area contributed by atoms with Gasteiger partial charge in [-0.2, -0.15) is 5.10 Å². The summed E-state index contributed by atoms with van der Waals surface area (Å²) in [6.07, 6.45) is 7.84. The molecule has 1 amide bonds. The Labute approximate surface area is 165 Å². The van der Waals surface area contributed by atoms with Crippen LogP contribution in [0.5, 0.6) is 0 Å². The first-order chi connectivity index (χ1) is 12.9. The van der Waals surface area contributed by atoms with E-state index in [1.807, 2.05) is 18.2 Å². The van der Waals surface area contributed by atoms with Crippen LogP contribution in [0.4, 0.5) is 5.69 Å². The summed E-state index contributed by atoms with van der Waals surface area (Å²) >= 11 is 12.1. The summed E-state index contributed by atoms with van der Waals surface area (Å²) in [5, 5.41) is 17.6. The molecule has 0 spiro atoms. The number of carboxylic acid groups (broad SMARTS) is 1. The van der Waals surface area contributed by atoms with Crippen LogP contribution >= 0.6 is 23.2 Å². The Kier molecular flexibility index (Phi) is 4.70. The van der Waals surface area contributed by atoms with Gasteiger partial charge in [-0.1, -0.05) is 41.4 Å². The number of anilines is 1. The lowest BCUT2D eigenvalue weighted by atomic mass is 9.82. The minimum atomic E-state index is -0.917. The number of carbonyl (C=O) groups excluding carboxylic acids is 1. The van der Waals surface area contributed by atoms with Crippen molar-refractivity contribution in [2.75, 3.05) is 5.32 Å². The number of aromatic nitrogens is 2. The Morgan fingerprint density at radius 1 is 1.22 bits per heavy atom. The van der Waals surface area contributed by atoms with E-state index in [2.05, 4.69) is 10.4 Å². The molecule has 8 heteroatoms. The molecular formula is C19H17Cl2N3O3. The van der Waals surface area contributed by atoms with Crippen molar-refractivity contribution in [1.82, 2.24) is 9.78 Å². The highest BCUT2D eigenvalue weighted by Gasteiger charge is 2.51. The number of hydrogen-bond donors (Lipinski definition) is 2. The third kappa shape index (κ3) is 3.47. The van der Waals surface area contributed by atoms with Gasteiger partial charge in [-0.05, 0) is 36.0 Å². The second-order valence-electron chi connectivity index (χ2n) is 6.99. The van der Waals surface area contributed by atoms with Crippen molar-refractivity contribution in [1.29, 1.82) is 0 Å². The van der Waals surface area contributed by atoms with E-state index in [4.69, 9.17) is 23.2 Å². The molecule has 2 N–H and O–H groups in total. The number of rotatable bonds is 5. The Morgan fingerprint density at radius 2 is 1.96 bits per heavy atom. The van der Waals surface area contributed by atoms with E-state index in [0.717, 1.165) is 12.0 Å². The predicted molar refractivity (Wildman–Crippen MR) is 102 cm³/mol. The standard InChI is InChI=1S/C19H17Cl2N3O3/c20-13-4-3-12(15(21)6-13)8-24-9-14(7-22-24)23-18(25)16-10-1-2-11(5-10)17(16)19(26)27/h1-4,6-7,9-11,16-17H,5,8H2,(H,23,25)(H,26,27)/t10-,11+,16-,17+/m1/s1. The maximum absolute atomic E-state index is 12.7. The number of aliphatic carboxylic acids is 1. The zero-order chi connectivity index (χ0) is 19.1. The van der Waals surface area contributed by atoms with E-state index in [1.165, 1.54) is 0 Å². The number of nitrogens with one attached hydrogen (secondary N) is 1. The molecule has 2 aliphatic rings. The average molecular weight is 406 g/mol. The van der Waals surface area contributed by atoms with Crippen LogP contribution in [-0.4, -0.2) is 26.8 Å².